The predicted octanol–water partition coefficient (Wildman–Crippen LogP) is -1.89. The van der Waals surface area contributed by atoms with Crippen molar-refractivity contribution in [1.82, 2.24) is 18.9 Å². The number of nitrogens with zero attached hydrogens (tertiary/aromatic N) is 4. The third kappa shape index (κ3) is 1.87. The number of anilines is 1. The average molecular weight is 267 g/mol. The van der Waals surface area contributed by atoms with Crippen molar-refractivity contribution in [2.45, 2.75) is 24.9 Å². The zero-order valence-electron chi connectivity index (χ0n) is 9.88. The first kappa shape index (κ1) is 12.1. The summed E-state index contributed by atoms with van der Waals surface area (Å²) in [5.74, 6) is 0.0938. The van der Waals surface area contributed by atoms with Gasteiger partial charge in [0.15, 0.2) is 6.23 Å². The highest BCUT2D eigenvalue weighted by Gasteiger charge is 2.35. The van der Waals surface area contributed by atoms with Crippen LogP contribution >= 0.6 is 0 Å². The highest BCUT2D eigenvalue weighted by Crippen LogP contribution is 2.29. The van der Waals surface area contributed by atoms with Crippen molar-refractivity contribution in [2.24, 2.45) is 0 Å². The molecule has 0 radical (unpaired) electrons. The number of ether oxygens (including phenoxy) is 1. The van der Waals surface area contributed by atoms with Gasteiger partial charge in [0.2, 0.25) is 11.7 Å². The van der Waals surface area contributed by atoms with Gasteiger partial charge in [0.1, 0.15) is 6.10 Å². The Morgan fingerprint density at radius 1 is 1.47 bits per heavy atom. The number of nitrogen functional groups attached to an aromatic ring is 1. The van der Waals surface area contributed by atoms with Crippen molar-refractivity contribution >= 4 is 11.7 Å². The Morgan fingerprint density at radius 2 is 2.26 bits per heavy atom. The first-order valence-corrected chi connectivity index (χ1v) is 5.77. The van der Waals surface area contributed by atoms with Crippen LogP contribution in [0.4, 0.5) is 5.95 Å². The zero-order chi connectivity index (χ0) is 13.6. The molecule has 102 valence electrons. The van der Waals surface area contributed by atoms with Crippen molar-refractivity contribution in [1.29, 1.82) is 0 Å². The summed E-state index contributed by atoms with van der Waals surface area (Å²) in [5, 5.41) is 19.0. The maximum absolute atomic E-state index is 11.6. The van der Waals surface area contributed by atoms with E-state index in [1.54, 1.807) is 6.20 Å². The smallest absolute Gasteiger partial charge is 0.357 e. The minimum atomic E-state index is -0.792. The molecule has 1 aliphatic heterocycles. The van der Waals surface area contributed by atoms with Crippen molar-refractivity contribution in [3.63, 3.8) is 0 Å². The molecular formula is C10H13N5O4. The Bertz CT molecular complexity index is 665. The largest absolute Gasteiger partial charge is 0.394 e. The molecule has 0 spiro atoms. The lowest BCUT2D eigenvalue weighted by atomic mass is 10.2. The number of rotatable bonds is 2. The molecule has 1 unspecified atom stereocenters. The fourth-order valence-corrected chi connectivity index (χ4v) is 2.23. The van der Waals surface area contributed by atoms with E-state index in [0.717, 1.165) is 0 Å². The first-order valence-electron chi connectivity index (χ1n) is 5.77. The van der Waals surface area contributed by atoms with Crippen molar-refractivity contribution in [3.8, 4) is 0 Å². The average Bonchev–Trinajstić information content (AvgIpc) is 2.92. The molecule has 2 aromatic heterocycles. The first-order chi connectivity index (χ1) is 9.10. The molecule has 19 heavy (non-hydrogen) atoms. The molecule has 9 heteroatoms. The molecule has 0 aromatic carbocycles. The zero-order valence-corrected chi connectivity index (χ0v) is 9.88. The molecular weight excluding hydrogens is 254 g/mol. The monoisotopic (exact) mass is 267 g/mol. The van der Waals surface area contributed by atoms with Gasteiger partial charge < -0.3 is 20.7 Å². The van der Waals surface area contributed by atoms with E-state index < -0.39 is 24.1 Å². The Hall–Kier alpha value is -1.97. The van der Waals surface area contributed by atoms with Gasteiger partial charge in [0.25, 0.3) is 0 Å². The SMILES string of the molecule is Nc1nc(=O)n2ccn([C@@H]3O[C@H](CO)CC3O)c2n1. The summed E-state index contributed by atoms with van der Waals surface area (Å²) < 4.78 is 8.21. The quantitative estimate of drug-likeness (QED) is 0.580. The van der Waals surface area contributed by atoms with Crippen LogP contribution < -0.4 is 11.4 Å². The lowest BCUT2D eigenvalue weighted by Gasteiger charge is -2.16. The number of aliphatic hydroxyl groups excluding tert-OH is 2. The molecule has 1 fully saturated rings. The van der Waals surface area contributed by atoms with Crippen molar-refractivity contribution in [2.75, 3.05) is 12.3 Å². The summed E-state index contributed by atoms with van der Waals surface area (Å²) in [6, 6.07) is 0. The number of imidazole rings is 1. The molecule has 1 aliphatic rings. The molecule has 4 N–H and O–H groups in total. The second-order valence-electron chi connectivity index (χ2n) is 4.37. The van der Waals surface area contributed by atoms with E-state index in [0.29, 0.717) is 6.42 Å². The molecule has 1 saturated heterocycles. The molecule has 9 nitrogen and oxygen atoms in total. The summed E-state index contributed by atoms with van der Waals surface area (Å²) in [6.07, 6.45) is 1.40. The topological polar surface area (TPSA) is 128 Å². The van der Waals surface area contributed by atoms with Crippen LogP contribution in [0.1, 0.15) is 12.6 Å². The third-order valence-corrected chi connectivity index (χ3v) is 3.10. The van der Waals surface area contributed by atoms with E-state index in [4.69, 9.17) is 15.6 Å². The summed E-state index contributed by atoms with van der Waals surface area (Å²) in [4.78, 5) is 19.1. The van der Waals surface area contributed by atoms with Gasteiger partial charge in [-0.05, 0) is 0 Å². The van der Waals surface area contributed by atoms with Crippen LogP contribution in [0, 0.1) is 0 Å². The van der Waals surface area contributed by atoms with Gasteiger partial charge >= 0.3 is 5.69 Å². The van der Waals surface area contributed by atoms with Crippen LogP contribution in [-0.2, 0) is 4.74 Å². The Morgan fingerprint density at radius 3 is 2.95 bits per heavy atom. The number of hydrogen-bond donors (Lipinski definition) is 3. The molecule has 2 aromatic rings. The highest BCUT2D eigenvalue weighted by molar-refractivity contribution is 5.34. The maximum Gasteiger partial charge on any atom is 0.357 e. The standard InChI is InChI=1S/C10H13N5O4/c11-8-12-9-14(1-2-15(9)10(18)13-8)7-6(17)3-5(4-16)19-7/h1-2,5-7,16-17H,3-4H2,(H2,11,13,18)/t5-,6?,7+/m0/s1. The summed E-state index contributed by atoms with van der Waals surface area (Å²) in [5.41, 5.74) is 4.90. The van der Waals surface area contributed by atoms with Gasteiger partial charge in [-0.1, -0.05) is 0 Å². The fraction of sp³-hybridized carbons (Fsp3) is 0.500. The Kier molecular flexibility index (Phi) is 2.73. The van der Waals surface area contributed by atoms with Gasteiger partial charge in [0, 0.05) is 18.8 Å². The summed E-state index contributed by atoms with van der Waals surface area (Å²) in [7, 11) is 0. The van der Waals surface area contributed by atoms with Gasteiger partial charge in [-0.2, -0.15) is 9.97 Å². The molecule has 0 bridgehead atoms. The van der Waals surface area contributed by atoms with E-state index in [9.17, 15) is 9.90 Å². The molecule has 0 amide bonds. The molecule has 0 aliphatic carbocycles. The van der Waals surface area contributed by atoms with E-state index in [2.05, 4.69) is 9.97 Å². The molecule has 0 saturated carbocycles. The maximum atomic E-state index is 11.6. The van der Waals surface area contributed by atoms with Crippen LogP contribution in [-0.4, -0.2) is 48.0 Å². The summed E-state index contributed by atoms with van der Waals surface area (Å²) >= 11 is 0. The van der Waals surface area contributed by atoms with Gasteiger partial charge in [-0.3, -0.25) is 4.57 Å². The van der Waals surface area contributed by atoms with E-state index >= 15 is 0 Å². The number of aromatic nitrogens is 4. The molecule has 3 atom stereocenters. The van der Waals surface area contributed by atoms with Crippen LogP contribution in [0.15, 0.2) is 17.2 Å². The minimum Gasteiger partial charge on any atom is -0.394 e. The van der Waals surface area contributed by atoms with Gasteiger partial charge in [-0.15, -0.1) is 0 Å². The van der Waals surface area contributed by atoms with E-state index in [1.807, 2.05) is 0 Å². The third-order valence-electron chi connectivity index (χ3n) is 3.10. The second-order valence-corrected chi connectivity index (χ2v) is 4.37. The number of aliphatic hydroxyl groups is 2. The number of hydrogen-bond acceptors (Lipinski definition) is 7. The van der Waals surface area contributed by atoms with Gasteiger partial charge in [-0.25, -0.2) is 9.20 Å². The van der Waals surface area contributed by atoms with E-state index in [-0.39, 0.29) is 18.3 Å². The lowest BCUT2D eigenvalue weighted by Crippen LogP contribution is -2.23. The number of nitrogens with two attached hydrogens (primary N) is 1. The summed E-state index contributed by atoms with van der Waals surface area (Å²) in [6.45, 7) is -0.177. The highest BCUT2D eigenvalue weighted by atomic mass is 16.5. The van der Waals surface area contributed by atoms with Crippen molar-refractivity contribution in [3.05, 3.63) is 22.9 Å². The van der Waals surface area contributed by atoms with Crippen LogP contribution in [0.5, 0.6) is 0 Å². The van der Waals surface area contributed by atoms with Crippen LogP contribution in [0.2, 0.25) is 0 Å². The Labute approximate surface area is 106 Å². The minimum absolute atomic E-state index is 0.142. The number of fused-ring (bicyclic) bond motifs is 1. The Balaban J connectivity index is 2.09. The van der Waals surface area contributed by atoms with Crippen LogP contribution in [0.3, 0.4) is 0 Å². The van der Waals surface area contributed by atoms with Crippen LogP contribution in [0.25, 0.3) is 5.78 Å². The second kappa shape index (κ2) is 4.30. The van der Waals surface area contributed by atoms with Gasteiger partial charge in [0.05, 0.1) is 12.7 Å². The predicted molar refractivity (Wildman–Crippen MR) is 63.3 cm³/mol. The molecule has 3 heterocycles. The lowest BCUT2D eigenvalue weighted by molar-refractivity contribution is -0.0486. The van der Waals surface area contributed by atoms with Crippen molar-refractivity contribution < 1.29 is 14.9 Å². The molecule has 3 rings (SSSR count). The normalized spacial score (nSPS) is 27.2. The fourth-order valence-electron chi connectivity index (χ4n) is 2.23. The van der Waals surface area contributed by atoms with E-state index in [1.165, 1.54) is 15.2 Å².